The lowest BCUT2D eigenvalue weighted by molar-refractivity contribution is -0.145. The second-order valence-electron chi connectivity index (χ2n) is 3.92. The van der Waals surface area contributed by atoms with Gasteiger partial charge in [0.05, 0.1) is 18.4 Å². The molecular weight excluding hydrogens is 309 g/mol. The Morgan fingerprint density at radius 1 is 1.38 bits per heavy atom. The highest BCUT2D eigenvalue weighted by molar-refractivity contribution is 8.00. The average Bonchev–Trinajstić information content (AvgIpc) is 2.42. The van der Waals surface area contributed by atoms with E-state index in [0.717, 1.165) is 0 Å². The van der Waals surface area contributed by atoms with Crippen LogP contribution in [0.1, 0.15) is 5.82 Å². The Labute approximate surface area is 121 Å². The number of aromatic nitrogens is 2. The lowest BCUT2D eigenvalue weighted by Gasteiger charge is -2.10. The monoisotopic (exact) mass is 318 g/mol. The van der Waals surface area contributed by atoms with Crippen molar-refractivity contribution in [3.63, 3.8) is 0 Å². The van der Waals surface area contributed by atoms with Gasteiger partial charge >= 0.3 is 12.1 Å². The van der Waals surface area contributed by atoms with E-state index in [4.69, 9.17) is 9.84 Å². The van der Waals surface area contributed by atoms with Gasteiger partial charge in [-0.15, -0.1) is 0 Å². The molecule has 0 radical (unpaired) electrons. The number of methoxy groups -OCH3 is 1. The molecule has 0 atom stereocenters. The molecule has 1 aromatic carbocycles. The van der Waals surface area contributed by atoms with Gasteiger partial charge in [0.15, 0.2) is 0 Å². The van der Waals surface area contributed by atoms with Gasteiger partial charge in [-0.2, -0.15) is 13.2 Å². The molecule has 0 bridgehead atoms. The van der Waals surface area contributed by atoms with Crippen molar-refractivity contribution in [1.82, 2.24) is 9.97 Å². The number of halogens is 3. The van der Waals surface area contributed by atoms with E-state index in [1.807, 2.05) is 0 Å². The summed E-state index contributed by atoms with van der Waals surface area (Å²) in [7, 11) is 1.38. The smallest absolute Gasteiger partial charge is 0.451 e. The van der Waals surface area contributed by atoms with Crippen molar-refractivity contribution in [1.29, 1.82) is 0 Å². The first-order valence-electron chi connectivity index (χ1n) is 5.59. The van der Waals surface area contributed by atoms with Crippen LogP contribution in [0.15, 0.2) is 23.2 Å². The highest BCUT2D eigenvalue weighted by Crippen LogP contribution is 2.33. The second-order valence-corrected chi connectivity index (χ2v) is 4.88. The Morgan fingerprint density at radius 2 is 2.10 bits per heavy atom. The van der Waals surface area contributed by atoms with E-state index < -0.39 is 23.7 Å². The molecule has 2 aromatic rings. The first-order valence-corrected chi connectivity index (χ1v) is 6.57. The predicted octanol–water partition coefficient (Wildman–Crippen LogP) is 2.83. The van der Waals surface area contributed by atoms with E-state index in [0.29, 0.717) is 22.9 Å². The van der Waals surface area contributed by atoms with Gasteiger partial charge in [0.25, 0.3) is 0 Å². The topological polar surface area (TPSA) is 72.3 Å². The maximum absolute atomic E-state index is 12.8. The minimum atomic E-state index is -4.71. The predicted molar refractivity (Wildman–Crippen MR) is 69.5 cm³/mol. The number of carbonyl (C=O) groups is 1. The zero-order chi connectivity index (χ0) is 15.6. The van der Waals surface area contributed by atoms with Crippen molar-refractivity contribution < 1.29 is 27.8 Å². The Balaban J connectivity index is 2.59. The van der Waals surface area contributed by atoms with Gasteiger partial charge in [-0.25, -0.2) is 9.97 Å². The zero-order valence-corrected chi connectivity index (χ0v) is 11.5. The molecule has 0 saturated carbocycles. The zero-order valence-electron chi connectivity index (χ0n) is 10.6. The van der Waals surface area contributed by atoms with Crippen LogP contribution >= 0.6 is 11.8 Å². The minimum absolute atomic E-state index is 0.0302. The van der Waals surface area contributed by atoms with Crippen molar-refractivity contribution in [3.8, 4) is 5.75 Å². The molecule has 0 aliphatic rings. The Kier molecular flexibility index (Phi) is 4.21. The molecule has 0 spiro atoms. The average molecular weight is 318 g/mol. The van der Waals surface area contributed by atoms with Gasteiger partial charge in [-0.1, -0.05) is 11.8 Å². The molecule has 0 unspecified atom stereocenters. The van der Waals surface area contributed by atoms with Gasteiger partial charge in [0.2, 0.25) is 5.82 Å². The van der Waals surface area contributed by atoms with Gasteiger partial charge in [-0.05, 0) is 12.1 Å². The van der Waals surface area contributed by atoms with Crippen LogP contribution in [0, 0.1) is 0 Å². The maximum Gasteiger partial charge on any atom is 0.451 e. The number of alkyl halides is 3. The molecule has 1 N–H and O–H groups in total. The van der Waals surface area contributed by atoms with Crippen LogP contribution in [0.25, 0.3) is 10.9 Å². The van der Waals surface area contributed by atoms with Crippen LogP contribution in [0.4, 0.5) is 13.2 Å². The van der Waals surface area contributed by atoms with Crippen molar-refractivity contribution in [2.24, 2.45) is 0 Å². The molecule has 5 nitrogen and oxygen atoms in total. The van der Waals surface area contributed by atoms with Crippen molar-refractivity contribution in [3.05, 3.63) is 24.0 Å². The summed E-state index contributed by atoms with van der Waals surface area (Å²) in [5.74, 6) is -2.50. The third-order valence-electron chi connectivity index (χ3n) is 2.46. The first-order chi connectivity index (χ1) is 9.81. The summed E-state index contributed by atoms with van der Waals surface area (Å²) in [6, 6.07) is 4.39. The molecule has 0 fully saturated rings. The Bertz CT molecular complexity index is 691. The van der Waals surface area contributed by atoms with Gasteiger partial charge in [0, 0.05) is 11.5 Å². The number of aliphatic carboxylic acids is 1. The standard InChI is InChI=1S/C12H9F3N2O3S/c1-20-6-2-3-7-8(4-6)16-11(12(13,14)15)17-10(7)21-5-9(18)19/h2-4H,5H2,1H3,(H,18,19). The largest absolute Gasteiger partial charge is 0.497 e. The van der Waals surface area contributed by atoms with E-state index in [1.165, 1.54) is 19.2 Å². The number of carboxylic acid groups (broad SMARTS) is 1. The SMILES string of the molecule is COc1ccc2c(SCC(=O)O)nc(C(F)(F)F)nc2c1. The molecule has 0 aliphatic heterocycles. The van der Waals surface area contributed by atoms with Crippen LogP contribution in [-0.4, -0.2) is 33.9 Å². The molecule has 9 heteroatoms. The van der Waals surface area contributed by atoms with E-state index in [-0.39, 0.29) is 10.5 Å². The van der Waals surface area contributed by atoms with E-state index >= 15 is 0 Å². The highest BCUT2D eigenvalue weighted by atomic mass is 32.2. The molecule has 21 heavy (non-hydrogen) atoms. The number of rotatable bonds is 4. The number of thioether (sulfide) groups is 1. The highest BCUT2D eigenvalue weighted by Gasteiger charge is 2.35. The number of ether oxygens (including phenoxy) is 1. The summed E-state index contributed by atoms with van der Waals surface area (Å²) < 4.78 is 43.3. The van der Waals surface area contributed by atoms with Gasteiger partial charge in [0.1, 0.15) is 10.8 Å². The Morgan fingerprint density at radius 3 is 2.67 bits per heavy atom. The van der Waals surface area contributed by atoms with Gasteiger partial charge < -0.3 is 9.84 Å². The fraction of sp³-hybridized carbons (Fsp3) is 0.250. The number of carboxylic acids is 1. The quantitative estimate of drug-likeness (QED) is 0.690. The number of benzene rings is 1. The van der Waals surface area contributed by atoms with Crippen LogP contribution < -0.4 is 4.74 Å². The summed E-state index contributed by atoms with van der Waals surface area (Å²) >= 11 is 0.710. The molecule has 112 valence electrons. The molecule has 0 saturated heterocycles. The molecule has 1 heterocycles. The maximum atomic E-state index is 12.8. The van der Waals surface area contributed by atoms with Crippen molar-refractivity contribution >= 4 is 28.6 Å². The number of hydrogen-bond donors (Lipinski definition) is 1. The van der Waals surface area contributed by atoms with Crippen LogP contribution in [0.2, 0.25) is 0 Å². The van der Waals surface area contributed by atoms with E-state index in [1.54, 1.807) is 6.07 Å². The van der Waals surface area contributed by atoms with Crippen LogP contribution in [0.5, 0.6) is 5.75 Å². The lowest BCUT2D eigenvalue weighted by Crippen LogP contribution is -2.12. The van der Waals surface area contributed by atoms with Crippen molar-refractivity contribution in [2.75, 3.05) is 12.9 Å². The second kappa shape index (κ2) is 5.76. The van der Waals surface area contributed by atoms with Crippen molar-refractivity contribution in [2.45, 2.75) is 11.2 Å². The summed E-state index contributed by atoms with van der Waals surface area (Å²) in [5.41, 5.74) is 0.0459. The minimum Gasteiger partial charge on any atom is -0.497 e. The van der Waals surface area contributed by atoms with E-state index in [9.17, 15) is 18.0 Å². The molecule has 2 rings (SSSR count). The summed E-state index contributed by atoms with van der Waals surface area (Å²) in [6.45, 7) is 0. The molecular formula is C12H9F3N2O3S. The third-order valence-corrected chi connectivity index (χ3v) is 3.43. The summed E-state index contributed by atoms with van der Waals surface area (Å²) in [6.07, 6.45) is -4.71. The normalized spacial score (nSPS) is 11.6. The summed E-state index contributed by atoms with van der Waals surface area (Å²) in [5, 5.41) is 8.96. The number of nitrogens with zero attached hydrogens (tertiary/aromatic N) is 2. The van der Waals surface area contributed by atoms with Gasteiger partial charge in [-0.3, -0.25) is 4.79 Å². The van der Waals surface area contributed by atoms with Crippen LogP contribution in [0.3, 0.4) is 0 Å². The number of fused-ring (bicyclic) bond motifs is 1. The third kappa shape index (κ3) is 3.54. The molecule has 0 aliphatic carbocycles. The van der Waals surface area contributed by atoms with E-state index in [2.05, 4.69) is 9.97 Å². The Hall–Kier alpha value is -2.03. The fourth-order valence-electron chi connectivity index (χ4n) is 1.57. The lowest BCUT2D eigenvalue weighted by atomic mass is 10.2. The number of hydrogen-bond acceptors (Lipinski definition) is 5. The molecule has 1 aromatic heterocycles. The first kappa shape index (κ1) is 15.4. The molecule has 0 amide bonds. The fourth-order valence-corrected chi connectivity index (χ4v) is 2.31. The van der Waals surface area contributed by atoms with Crippen LogP contribution in [-0.2, 0) is 11.0 Å². The summed E-state index contributed by atoms with van der Waals surface area (Å²) in [4.78, 5) is 17.5.